The molecule has 5 nitrogen and oxygen atoms in total. The molecule has 0 atom stereocenters. The van der Waals surface area contributed by atoms with Gasteiger partial charge >= 0.3 is 0 Å². The highest BCUT2D eigenvalue weighted by molar-refractivity contribution is 5.96. The third-order valence-electron chi connectivity index (χ3n) is 1.65. The molecule has 0 aliphatic heterocycles. The first-order chi connectivity index (χ1) is 6.77. The first-order valence-electron chi connectivity index (χ1n) is 4.48. The lowest BCUT2D eigenvalue weighted by Crippen LogP contribution is -2.33. The molecule has 0 saturated heterocycles. The Bertz CT molecular complexity index is 369. The van der Waals surface area contributed by atoms with Crippen LogP contribution in [0.5, 0.6) is 0 Å². The monoisotopic (exact) mass is 194 g/mol. The lowest BCUT2D eigenvalue weighted by Gasteiger charge is -2.04. The molecular weight excluding hydrogens is 180 g/mol. The molecule has 0 saturated carbocycles. The number of hydrazine groups is 1. The van der Waals surface area contributed by atoms with E-state index in [1.807, 2.05) is 6.92 Å². The third-order valence-corrected chi connectivity index (χ3v) is 1.65. The number of pyridine rings is 1. The van der Waals surface area contributed by atoms with E-state index in [2.05, 4.69) is 15.4 Å². The van der Waals surface area contributed by atoms with E-state index >= 15 is 0 Å². The summed E-state index contributed by atoms with van der Waals surface area (Å²) in [6.07, 6.45) is 0.933. The fourth-order valence-corrected chi connectivity index (χ4v) is 1.02. The molecule has 1 aromatic rings. The van der Waals surface area contributed by atoms with Crippen LogP contribution in [-0.4, -0.2) is 17.4 Å². The fourth-order valence-electron chi connectivity index (χ4n) is 1.02. The van der Waals surface area contributed by atoms with Crippen molar-refractivity contribution < 1.29 is 0 Å². The van der Waals surface area contributed by atoms with Gasteiger partial charge in [-0.05, 0) is 12.5 Å². The van der Waals surface area contributed by atoms with Gasteiger partial charge in [-0.15, -0.1) is 0 Å². The molecule has 0 amide bonds. The van der Waals surface area contributed by atoms with Gasteiger partial charge in [-0.1, -0.05) is 13.0 Å². The van der Waals surface area contributed by atoms with Crippen LogP contribution >= 0.6 is 0 Å². The molecule has 0 aliphatic rings. The number of H-pyrrole nitrogens is 1. The van der Waals surface area contributed by atoms with E-state index in [4.69, 9.17) is 5.84 Å². The van der Waals surface area contributed by atoms with Crippen molar-refractivity contribution in [1.29, 1.82) is 0 Å². The summed E-state index contributed by atoms with van der Waals surface area (Å²) < 4.78 is 0. The number of rotatable bonds is 3. The molecule has 1 aromatic heterocycles. The van der Waals surface area contributed by atoms with Crippen molar-refractivity contribution in [1.82, 2.24) is 10.4 Å². The van der Waals surface area contributed by atoms with Gasteiger partial charge in [0.25, 0.3) is 0 Å². The second kappa shape index (κ2) is 5.18. The average molecular weight is 194 g/mol. The minimum atomic E-state index is -0.165. The number of aliphatic imine (C=N–C) groups is 1. The summed E-state index contributed by atoms with van der Waals surface area (Å²) in [5, 5.41) is 0. The first kappa shape index (κ1) is 10.5. The second-order valence-corrected chi connectivity index (χ2v) is 2.80. The van der Waals surface area contributed by atoms with Crippen LogP contribution in [0.15, 0.2) is 28.0 Å². The Morgan fingerprint density at radius 1 is 1.64 bits per heavy atom. The van der Waals surface area contributed by atoms with E-state index in [1.54, 1.807) is 12.1 Å². The van der Waals surface area contributed by atoms with Crippen molar-refractivity contribution in [3.05, 3.63) is 34.2 Å². The summed E-state index contributed by atoms with van der Waals surface area (Å²) in [6.45, 7) is 2.70. The lowest BCUT2D eigenvalue weighted by atomic mass is 10.3. The van der Waals surface area contributed by atoms with Crippen molar-refractivity contribution in [3.8, 4) is 0 Å². The van der Waals surface area contributed by atoms with E-state index in [1.165, 1.54) is 6.07 Å². The van der Waals surface area contributed by atoms with Crippen molar-refractivity contribution in [2.75, 3.05) is 6.54 Å². The maximum absolute atomic E-state index is 11.0. The third kappa shape index (κ3) is 2.70. The predicted octanol–water partition coefficient (Wildman–Crippen LogP) is -0.00520. The SMILES string of the molecule is CCCN=C(NN)c1cccc(=O)[nH]1. The number of aromatic nitrogens is 1. The number of hydrogen-bond donors (Lipinski definition) is 3. The van der Waals surface area contributed by atoms with Crippen molar-refractivity contribution in [2.45, 2.75) is 13.3 Å². The number of hydrogen-bond acceptors (Lipinski definition) is 3. The molecule has 0 spiro atoms. The molecule has 0 fully saturated rings. The number of aromatic amines is 1. The van der Waals surface area contributed by atoms with E-state index in [9.17, 15) is 4.79 Å². The van der Waals surface area contributed by atoms with E-state index in [0.717, 1.165) is 6.42 Å². The summed E-state index contributed by atoms with van der Waals surface area (Å²) in [6, 6.07) is 4.85. The van der Waals surface area contributed by atoms with Gasteiger partial charge in [-0.25, -0.2) is 5.84 Å². The molecule has 4 N–H and O–H groups in total. The molecule has 14 heavy (non-hydrogen) atoms. The van der Waals surface area contributed by atoms with Crippen LogP contribution in [0, 0.1) is 0 Å². The van der Waals surface area contributed by atoms with Crippen LogP contribution in [0.2, 0.25) is 0 Å². The first-order valence-corrected chi connectivity index (χ1v) is 4.48. The van der Waals surface area contributed by atoms with Gasteiger partial charge < -0.3 is 10.4 Å². The predicted molar refractivity (Wildman–Crippen MR) is 56.1 cm³/mol. The average Bonchev–Trinajstić information content (AvgIpc) is 2.19. The summed E-state index contributed by atoms with van der Waals surface area (Å²) in [5.41, 5.74) is 2.90. The van der Waals surface area contributed by atoms with Gasteiger partial charge in [0.1, 0.15) is 0 Å². The van der Waals surface area contributed by atoms with Gasteiger partial charge in [0.05, 0.1) is 5.69 Å². The van der Waals surface area contributed by atoms with Crippen LogP contribution in [-0.2, 0) is 0 Å². The van der Waals surface area contributed by atoms with Crippen LogP contribution in [0.4, 0.5) is 0 Å². The Hall–Kier alpha value is -1.62. The zero-order valence-electron chi connectivity index (χ0n) is 8.08. The zero-order valence-corrected chi connectivity index (χ0v) is 8.08. The zero-order chi connectivity index (χ0) is 10.4. The van der Waals surface area contributed by atoms with Crippen molar-refractivity contribution >= 4 is 5.84 Å². The topological polar surface area (TPSA) is 83.3 Å². The van der Waals surface area contributed by atoms with Crippen LogP contribution < -0.4 is 16.8 Å². The summed E-state index contributed by atoms with van der Waals surface area (Å²) >= 11 is 0. The van der Waals surface area contributed by atoms with Gasteiger partial charge in [-0.2, -0.15) is 0 Å². The summed E-state index contributed by atoms with van der Waals surface area (Å²) in [5.74, 6) is 5.80. The lowest BCUT2D eigenvalue weighted by molar-refractivity contribution is 0.903. The van der Waals surface area contributed by atoms with Crippen LogP contribution in [0.1, 0.15) is 19.0 Å². The van der Waals surface area contributed by atoms with Crippen molar-refractivity contribution in [2.24, 2.45) is 10.8 Å². The second-order valence-electron chi connectivity index (χ2n) is 2.80. The Labute approximate surface area is 82.0 Å². The molecule has 0 aromatic carbocycles. The smallest absolute Gasteiger partial charge is 0.248 e. The van der Waals surface area contributed by atoms with Crippen LogP contribution in [0.25, 0.3) is 0 Å². The van der Waals surface area contributed by atoms with E-state index in [-0.39, 0.29) is 5.56 Å². The van der Waals surface area contributed by atoms with Gasteiger partial charge in [0.2, 0.25) is 5.56 Å². The van der Waals surface area contributed by atoms with E-state index < -0.39 is 0 Å². The molecule has 0 bridgehead atoms. The maximum atomic E-state index is 11.0. The van der Waals surface area contributed by atoms with Gasteiger partial charge in [0, 0.05) is 12.6 Å². The Morgan fingerprint density at radius 3 is 3.00 bits per heavy atom. The van der Waals surface area contributed by atoms with Gasteiger partial charge in [0.15, 0.2) is 5.84 Å². The quantitative estimate of drug-likeness (QED) is 0.274. The molecule has 0 radical (unpaired) electrons. The highest BCUT2D eigenvalue weighted by atomic mass is 16.1. The molecule has 0 aliphatic carbocycles. The van der Waals surface area contributed by atoms with Crippen molar-refractivity contribution in [3.63, 3.8) is 0 Å². The molecule has 0 unspecified atom stereocenters. The Kier molecular flexibility index (Phi) is 3.87. The highest BCUT2D eigenvalue weighted by Gasteiger charge is 2.00. The molecule has 76 valence electrons. The van der Waals surface area contributed by atoms with Crippen LogP contribution in [0.3, 0.4) is 0 Å². The number of nitrogens with zero attached hydrogens (tertiary/aromatic N) is 1. The number of amidine groups is 1. The Balaban J connectivity index is 2.95. The number of nitrogens with two attached hydrogens (primary N) is 1. The minimum Gasteiger partial charge on any atom is -0.319 e. The van der Waals surface area contributed by atoms with Gasteiger partial charge in [-0.3, -0.25) is 9.79 Å². The highest BCUT2D eigenvalue weighted by Crippen LogP contribution is 1.92. The normalized spacial score (nSPS) is 11.4. The molecular formula is C9H14N4O. The summed E-state index contributed by atoms with van der Waals surface area (Å²) in [7, 11) is 0. The van der Waals surface area contributed by atoms with E-state index in [0.29, 0.717) is 18.1 Å². The molecule has 1 heterocycles. The molecule has 1 rings (SSSR count). The molecule has 5 heteroatoms. The minimum absolute atomic E-state index is 0.165. The largest absolute Gasteiger partial charge is 0.319 e. The standard InChI is InChI=1S/C9H14N4O/c1-2-6-11-9(13-10)7-4-3-5-8(14)12-7/h3-5H,2,6,10H2,1H3,(H,11,13)(H,12,14). The summed E-state index contributed by atoms with van der Waals surface area (Å²) in [4.78, 5) is 17.8. The fraction of sp³-hybridized carbons (Fsp3) is 0.333. The number of nitrogens with one attached hydrogen (secondary N) is 2. The Morgan fingerprint density at radius 2 is 2.43 bits per heavy atom. The maximum Gasteiger partial charge on any atom is 0.248 e.